The van der Waals surface area contributed by atoms with E-state index in [-0.39, 0.29) is 16.0 Å². The van der Waals surface area contributed by atoms with Crippen LogP contribution in [0.5, 0.6) is 0 Å². The second-order valence-electron chi connectivity index (χ2n) is 7.31. The molecule has 10 heteroatoms. The maximum atomic E-state index is 12.8. The first-order valence-electron chi connectivity index (χ1n) is 9.74. The van der Waals surface area contributed by atoms with E-state index in [1.807, 2.05) is 0 Å². The van der Waals surface area contributed by atoms with Gasteiger partial charge in [-0.1, -0.05) is 48.0 Å². The second kappa shape index (κ2) is 8.78. The van der Waals surface area contributed by atoms with Crippen molar-refractivity contribution < 1.29 is 27.9 Å². The maximum absolute atomic E-state index is 12.8. The fraction of sp³-hybridized carbons (Fsp3) is 0.0870. The number of carboxylic acid groups (broad SMARTS) is 1. The predicted molar refractivity (Wildman–Crippen MR) is 120 cm³/mol. The number of fused-ring (bicyclic) bond motifs is 1. The molecule has 0 saturated heterocycles. The lowest BCUT2D eigenvalue weighted by Crippen LogP contribution is -2.49. The van der Waals surface area contributed by atoms with E-state index >= 15 is 0 Å². The number of carboxylic acids is 1. The molecule has 3 aromatic carbocycles. The minimum Gasteiger partial charge on any atom is -0.480 e. The summed E-state index contributed by atoms with van der Waals surface area (Å²) in [6.45, 7) is -0.649. The number of aliphatic carboxylic acids is 1. The van der Waals surface area contributed by atoms with Crippen molar-refractivity contribution in [2.45, 2.75) is 10.9 Å². The van der Waals surface area contributed by atoms with Crippen molar-refractivity contribution in [3.8, 4) is 11.1 Å². The molecule has 2 amide bonds. The molecule has 3 aromatic rings. The van der Waals surface area contributed by atoms with Gasteiger partial charge in [0, 0.05) is 5.02 Å². The topological polar surface area (TPSA) is 121 Å². The van der Waals surface area contributed by atoms with Gasteiger partial charge in [-0.05, 0) is 47.5 Å². The van der Waals surface area contributed by atoms with Gasteiger partial charge in [0.2, 0.25) is 10.0 Å². The van der Waals surface area contributed by atoms with Crippen molar-refractivity contribution in [3.05, 3.63) is 88.9 Å². The highest BCUT2D eigenvalue weighted by molar-refractivity contribution is 7.89. The minimum atomic E-state index is -4.26. The zero-order chi connectivity index (χ0) is 23.8. The summed E-state index contributed by atoms with van der Waals surface area (Å²) in [6, 6.07) is 17.2. The van der Waals surface area contributed by atoms with Crippen LogP contribution in [0.2, 0.25) is 5.02 Å². The zero-order valence-corrected chi connectivity index (χ0v) is 18.5. The molecule has 1 aliphatic rings. The third kappa shape index (κ3) is 4.51. The number of sulfonamides is 1. The Bertz CT molecular complexity index is 1320. The van der Waals surface area contributed by atoms with Crippen LogP contribution in [0.4, 0.5) is 0 Å². The number of hydrogen-bond acceptors (Lipinski definition) is 5. The maximum Gasteiger partial charge on any atom is 0.323 e. The smallest absolute Gasteiger partial charge is 0.323 e. The fourth-order valence-electron chi connectivity index (χ4n) is 3.48. The van der Waals surface area contributed by atoms with Gasteiger partial charge in [-0.3, -0.25) is 19.3 Å². The molecule has 0 fully saturated rings. The number of imide groups is 1. The van der Waals surface area contributed by atoms with Crippen molar-refractivity contribution in [2.24, 2.45) is 0 Å². The molecule has 1 atom stereocenters. The SMILES string of the molecule is O=C(O)C(CN1C(=O)c2ccccc2C1=O)NS(=O)(=O)c1ccc(-c2ccc(Cl)cc2)cc1. The number of halogens is 1. The number of amides is 2. The van der Waals surface area contributed by atoms with Crippen LogP contribution < -0.4 is 4.72 Å². The van der Waals surface area contributed by atoms with Crippen molar-refractivity contribution in [3.63, 3.8) is 0 Å². The van der Waals surface area contributed by atoms with Crippen LogP contribution in [-0.4, -0.2) is 48.8 Å². The summed E-state index contributed by atoms with van der Waals surface area (Å²) in [5.74, 6) is -2.87. The average molecular weight is 485 g/mol. The Kier molecular flexibility index (Phi) is 6.03. The number of hydrogen-bond donors (Lipinski definition) is 2. The lowest BCUT2D eigenvalue weighted by atomic mass is 10.1. The van der Waals surface area contributed by atoms with Gasteiger partial charge in [0.05, 0.1) is 22.6 Å². The Morgan fingerprint density at radius 3 is 1.85 bits per heavy atom. The highest BCUT2D eigenvalue weighted by Crippen LogP contribution is 2.24. The molecule has 33 heavy (non-hydrogen) atoms. The zero-order valence-electron chi connectivity index (χ0n) is 16.9. The summed E-state index contributed by atoms with van der Waals surface area (Å²) in [6.07, 6.45) is 0. The van der Waals surface area contributed by atoms with Crippen molar-refractivity contribution in [1.82, 2.24) is 9.62 Å². The molecule has 168 valence electrons. The Balaban J connectivity index is 1.53. The number of benzene rings is 3. The molecular weight excluding hydrogens is 468 g/mol. The average Bonchev–Trinajstić information content (AvgIpc) is 3.04. The Morgan fingerprint density at radius 1 is 0.879 bits per heavy atom. The van der Waals surface area contributed by atoms with E-state index in [2.05, 4.69) is 4.72 Å². The molecule has 0 spiro atoms. The molecule has 1 unspecified atom stereocenters. The number of nitrogens with zero attached hydrogens (tertiary/aromatic N) is 1. The van der Waals surface area contributed by atoms with Crippen molar-refractivity contribution in [2.75, 3.05) is 6.54 Å². The van der Waals surface area contributed by atoms with E-state index in [1.165, 1.54) is 24.3 Å². The summed E-state index contributed by atoms with van der Waals surface area (Å²) < 4.78 is 27.7. The second-order valence-corrected chi connectivity index (χ2v) is 9.46. The van der Waals surface area contributed by atoms with E-state index in [0.29, 0.717) is 5.02 Å². The third-order valence-electron chi connectivity index (χ3n) is 5.18. The van der Waals surface area contributed by atoms with Crippen molar-refractivity contribution in [1.29, 1.82) is 0 Å². The predicted octanol–water partition coefficient (Wildman–Crippen LogP) is 3.03. The molecule has 0 bridgehead atoms. The van der Waals surface area contributed by atoms with Crippen LogP contribution in [-0.2, 0) is 14.8 Å². The number of nitrogens with one attached hydrogen (secondary N) is 1. The first-order valence-corrected chi connectivity index (χ1v) is 11.6. The summed E-state index contributed by atoms with van der Waals surface area (Å²) in [7, 11) is -4.26. The lowest BCUT2D eigenvalue weighted by molar-refractivity contribution is -0.139. The Labute approximate surface area is 194 Å². The van der Waals surface area contributed by atoms with Gasteiger partial charge in [-0.25, -0.2) is 8.42 Å². The summed E-state index contributed by atoms with van der Waals surface area (Å²) >= 11 is 5.88. The van der Waals surface area contributed by atoms with Crippen LogP contribution in [0.1, 0.15) is 20.7 Å². The third-order valence-corrected chi connectivity index (χ3v) is 6.92. The van der Waals surface area contributed by atoms with E-state index in [1.54, 1.807) is 48.5 Å². The van der Waals surface area contributed by atoms with Gasteiger partial charge in [-0.15, -0.1) is 0 Å². The molecule has 8 nitrogen and oxygen atoms in total. The molecule has 0 radical (unpaired) electrons. The minimum absolute atomic E-state index is 0.146. The summed E-state index contributed by atoms with van der Waals surface area (Å²) in [5.41, 5.74) is 1.86. The van der Waals surface area contributed by atoms with Crippen LogP contribution in [0.25, 0.3) is 11.1 Å². The van der Waals surface area contributed by atoms with E-state index < -0.39 is 40.4 Å². The van der Waals surface area contributed by atoms with E-state index in [4.69, 9.17) is 11.6 Å². The van der Waals surface area contributed by atoms with E-state index in [0.717, 1.165) is 16.0 Å². The highest BCUT2D eigenvalue weighted by atomic mass is 35.5. The number of carbonyl (C=O) groups is 3. The first-order chi connectivity index (χ1) is 15.7. The Hall–Kier alpha value is -3.53. The molecule has 2 N–H and O–H groups in total. The van der Waals surface area contributed by atoms with Crippen LogP contribution in [0.3, 0.4) is 0 Å². The van der Waals surface area contributed by atoms with E-state index in [9.17, 15) is 27.9 Å². The molecule has 4 rings (SSSR count). The molecule has 1 heterocycles. The lowest BCUT2D eigenvalue weighted by Gasteiger charge is -2.20. The van der Waals surface area contributed by atoms with Gasteiger partial charge >= 0.3 is 5.97 Å². The quantitative estimate of drug-likeness (QED) is 0.497. The number of rotatable bonds is 7. The van der Waals surface area contributed by atoms with Crippen LogP contribution in [0, 0.1) is 0 Å². The van der Waals surface area contributed by atoms with Gasteiger partial charge in [-0.2, -0.15) is 4.72 Å². The number of carbonyl (C=O) groups excluding carboxylic acids is 2. The molecule has 0 saturated carbocycles. The van der Waals surface area contributed by atoms with Gasteiger partial charge < -0.3 is 5.11 Å². The fourth-order valence-corrected chi connectivity index (χ4v) is 4.78. The van der Waals surface area contributed by atoms with Crippen molar-refractivity contribution >= 4 is 39.4 Å². The Morgan fingerprint density at radius 2 is 1.36 bits per heavy atom. The first kappa shape index (κ1) is 22.7. The van der Waals surface area contributed by atoms with Gasteiger partial charge in [0.1, 0.15) is 6.04 Å². The van der Waals surface area contributed by atoms with Crippen LogP contribution >= 0.6 is 11.6 Å². The van der Waals surface area contributed by atoms with Gasteiger partial charge in [0.25, 0.3) is 11.8 Å². The highest BCUT2D eigenvalue weighted by Gasteiger charge is 2.39. The molecule has 1 aliphatic heterocycles. The molecule has 0 aromatic heterocycles. The molecular formula is C23H17ClN2O6S. The normalized spacial score (nSPS) is 14.3. The van der Waals surface area contributed by atoms with Crippen LogP contribution in [0.15, 0.2) is 77.7 Å². The monoisotopic (exact) mass is 484 g/mol. The summed E-state index contributed by atoms with van der Waals surface area (Å²) in [5, 5.41) is 10.1. The molecule has 0 aliphatic carbocycles. The van der Waals surface area contributed by atoms with Gasteiger partial charge in [0.15, 0.2) is 0 Å². The standard InChI is InChI=1S/C23H17ClN2O6S/c24-16-9-5-14(6-10-16)15-7-11-17(12-8-15)33(31,32)25-20(23(29)30)13-26-21(27)18-3-1-2-4-19(18)22(26)28/h1-12,20,25H,13H2,(H,29,30). The largest absolute Gasteiger partial charge is 0.480 e. The summed E-state index contributed by atoms with van der Waals surface area (Å²) in [4.78, 5) is 37.4.